The van der Waals surface area contributed by atoms with Crippen molar-refractivity contribution in [3.05, 3.63) is 24.3 Å². The first-order chi connectivity index (χ1) is 23.5. The summed E-state index contributed by atoms with van der Waals surface area (Å²) >= 11 is 0. The maximum Gasteiger partial charge on any atom is 0.268 e. The number of rotatable bonds is 36. The van der Waals surface area contributed by atoms with Crippen LogP contribution in [0, 0.1) is 0 Å². The fraction of sp³-hybridized carbons (Fsp3) is 0.875. The highest BCUT2D eigenvalue weighted by atomic mass is 31.2. The van der Waals surface area contributed by atoms with E-state index in [4.69, 9.17) is 9.05 Å². The van der Waals surface area contributed by atoms with E-state index in [2.05, 4.69) is 24.4 Å². The summed E-state index contributed by atoms with van der Waals surface area (Å²) in [5, 5.41) is 13.1. The highest BCUT2D eigenvalue weighted by Crippen LogP contribution is 2.38. The minimum atomic E-state index is -4.54. The average molecular weight is 715 g/mol. The van der Waals surface area contributed by atoms with Crippen molar-refractivity contribution in [1.82, 2.24) is 5.32 Å². The SMILES string of the molecule is CCCCCCCCCCCCCCCCCCCCCCCC/C=C/CC/C=C/C(O)C(COP(=O)([O-])OCC[N+](C)(C)C)NC(C)=O. The van der Waals surface area contributed by atoms with E-state index in [1.54, 1.807) is 6.08 Å². The third-order valence-corrected chi connectivity index (χ3v) is 9.91. The highest BCUT2D eigenvalue weighted by molar-refractivity contribution is 7.45. The van der Waals surface area contributed by atoms with Gasteiger partial charge in [0.25, 0.3) is 7.82 Å². The number of phosphoric ester groups is 1. The Morgan fingerprint density at radius 3 is 1.53 bits per heavy atom. The van der Waals surface area contributed by atoms with E-state index in [9.17, 15) is 19.4 Å². The molecule has 0 fully saturated rings. The van der Waals surface area contributed by atoms with Crippen LogP contribution < -0.4 is 10.2 Å². The van der Waals surface area contributed by atoms with Gasteiger partial charge in [-0.15, -0.1) is 0 Å². The van der Waals surface area contributed by atoms with Gasteiger partial charge in [-0.05, 0) is 25.7 Å². The second-order valence-electron chi connectivity index (χ2n) is 15.1. The fourth-order valence-electron chi connectivity index (χ4n) is 5.79. The number of carbonyl (C=O) groups excluding carboxylic acids is 1. The van der Waals surface area contributed by atoms with E-state index >= 15 is 0 Å². The number of aliphatic hydroxyl groups excluding tert-OH is 1. The van der Waals surface area contributed by atoms with Gasteiger partial charge in [-0.2, -0.15) is 0 Å². The van der Waals surface area contributed by atoms with Crippen molar-refractivity contribution in [2.24, 2.45) is 0 Å². The van der Waals surface area contributed by atoms with Gasteiger partial charge in [0.2, 0.25) is 5.91 Å². The molecule has 3 unspecified atom stereocenters. The van der Waals surface area contributed by atoms with Crippen LogP contribution >= 0.6 is 7.82 Å². The van der Waals surface area contributed by atoms with Crippen LogP contribution in [0.4, 0.5) is 0 Å². The van der Waals surface area contributed by atoms with E-state index < -0.39 is 26.6 Å². The number of hydrogen-bond donors (Lipinski definition) is 2. The van der Waals surface area contributed by atoms with Crippen LogP contribution in [0.5, 0.6) is 0 Å². The minimum Gasteiger partial charge on any atom is -0.756 e. The van der Waals surface area contributed by atoms with Crippen LogP contribution in [-0.4, -0.2) is 68.5 Å². The van der Waals surface area contributed by atoms with Crippen LogP contribution in [0.2, 0.25) is 0 Å². The summed E-state index contributed by atoms with van der Waals surface area (Å²) in [5.41, 5.74) is 0. The molecule has 8 nitrogen and oxygen atoms in total. The van der Waals surface area contributed by atoms with E-state index in [1.165, 1.54) is 148 Å². The normalized spacial score (nSPS) is 14.8. The third kappa shape index (κ3) is 36.6. The first-order valence-electron chi connectivity index (χ1n) is 20.1. The summed E-state index contributed by atoms with van der Waals surface area (Å²) in [6, 6.07) is -0.900. The Kier molecular flexibility index (Phi) is 32.2. The van der Waals surface area contributed by atoms with Crippen LogP contribution in [0.15, 0.2) is 24.3 Å². The molecule has 0 aliphatic rings. The molecule has 0 aromatic carbocycles. The zero-order valence-corrected chi connectivity index (χ0v) is 33.5. The van der Waals surface area contributed by atoms with E-state index in [-0.39, 0.29) is 12.5 Å². The first-order valence-corrected chi connectivity index (χ1v) is 21.6. The number of phosphoric acid groups is 1. The van der Waals surface area contributed by atoms with Gasteiger partial charge < -0.3 is 28.8 Å². The molecule has 1 amide bonds. The maximum absolute atomic E-state index is 12.1. The Bertz CT molecular complexity index is 860. The molecule has 3 atom stereocenters. The van der Waals surface area contributed by atoms with Gasteiger partial charge in [-0.25, -0.2) is 0 Å². The maximum atomic E-state index is 12.1. The van der Waals surface area contributed by atoms with Gasteiger partial charge in [0.15, 0.2) is 0 Å². The number of nitrogens with one attached hydrogen (secondary N) is 1. The lowest BCUT2D eigenvalue weighted by Gasteiger charge is -2.29. The topological polar surface area (TPSA) is 108 Å². The summed E-state index contributed by atoms with van der Waals surface area (Å²) in [6.07, 6.45) is 40.3. The van der Waals surface area contributed by atoms with Crippen molar-refractivity contribution in [2.45, 2.75) is 187 Å². The molecule has 9 heteroatoms. The molecule has 0 saturated heterocycles. The van der Waals surface area contributed by atoms with Gasteiger partial charge >= 0.3 is 0 Å². The van der Waals surface area contributed by atoms with Gasteiger partial charge in [-0.3, -0.25) is 9.36 Å². The molecule has 0 saturated carbocycles. The van der Waals surface area contributed by atoms with Crippen molar-refractivity contribution < 1.29 is 32.9 Å². The number of unbranched alkanes of at least 4 members (excludes halogenated alkanes) is 23. The van der Waals surface area contributed by atoms with Crippen molar-refractivity contribution in [3.8, 4) is 0 Å². The molecule has 0 aromatic rings. The van der Waals surface area contributed by atoms with Crippen molar-refractivity contribution in [2.75, 3.05) is 40.9 Å². The number of quaternary nitrogens is 1. The molecule has 0 spiro atoms. The van der Waals surface area contributed by atoms with Gasteiger partial charge in [0.05, 0.1) is 39.9 Å². The van der Waals surface area contributed by atoms with Crippen LogP contribution in [0.25, 0.3) is 0 Å². The van der Waals surface area contributed by atoms with Crippen LogP contribution in [0.1, 0.15) is 174 Å². The summed E-state index contributed by atoms with van der Waals surface area (Å²) in [5.74, 6) is -0.383. The number of carbonyl (C=O) groups is 1. The van der Waals surface area contributed by atoms with Crippen molar-refractivity contribution in [3.63, 3.8) is 0 Å². The van der Waals surface area contributed by atoms with E-state index in [0.29, 0.717) is 11.0 Å². The molecular formula is C40H79N2O6P. The number of hydrogen-bond acceptors (Lipinski definition) is 6. The summed E-state index contributed by atoms with van der Waals surface area (Å²) in [7, 11) is 1.23. The zero-order chi connectivity index (χ0) is 36.5. The van der Waals surface area contributed by atoms with Crippen molar-refractivity contribution >= 4 is 13.7 Å². The molecule has 49 heavy (non-hydrogen) atoms. The van der Waals surface area contributed by atoms with Crippen LogP contribution in [-0.2, 0) is 18.4 Å². The molecule has 0 bridgehead atoms. The van der Waals surface area contributed by atoms with Gasteiger partial charge in [0.1, 0.15) is 13.2 Å². The number of allylic oxidation sites excluding steroid dienone is 3. The molecule has 290 valence electrons. The number of likely N-dealkylation sites (N-methyl/N-ethyl adjacent to an activating group) is 1. The Balaban J connectivity index is 3.71. The predicted molar refractivity (Wildman–Crippen MR) is 205 cm³/mol. The molecule has 0 aliphatic heterocycles. The Morgan fingerprint density at radius 2 is 1.10 bits per heavy atom. The second-order valence-corrected chi connectivity index (χ2v) is 16.5. The lowest BCUT2D eigenvalue weighted by Crippen LogP contribution is -2.45. The standard InChI is InChI=1S/C40H79N2O6P/c1-6-7-8-9-10-11-12-13-14-15-16-17-18-19-20-21-22-23-24-25-26-27-28-29-30-31-32-33-34-40(44)39(41-38(2)43)37-48-49(45,46)47-36-35-42(3,4)5/h29-30,33-34,39-40,44H,6-28,31-32,35-37H2,1-5H3,(H-,41,43,45,46)/b30-29+,34-33+. The third-order valence-electron chi connectivity index (χ3n) is 8.95. The lowest BCUT2D eigenvalue weighted by molar-refractivity contribution is -0.870. The monoisotopic (exact) mass is 715 g/mol. The zero-order valence-electron chi connectivity index (χ0n) is 32.6. The number of nitrogens with zero attached hydrogens (tertiary/aromatic N) is 1. The van der Waals surface area contributed by atoms with Crippen molar-refractivity contribution in [1.29, 1.82) is 0 Å². The summed E-state index contributed by atoms with van der Waals surface area (Å²) in [4.78, 5) is 23.7. The molecular weight excluding hydrogens is 635 g/mol. The predicted octanol–water partition coefficient (Wildman–Crippen LogP) is 9.94. The van der Waals surface area contributed by atoms with E-state index in [0.717, 1.165) is 19.3 Å². The van der Waals surface area contributed by atoms with Crippen LogP contribution in [0.3, 0.4) is 0 Å². The number of amides is 1. The molecule has 2 N–H and O–H groups in total. The smallest absolute Gasteiger partial charge is 0.268 e. The Labute approximate surface area is 303 Å². The minimum absolute atomic E-state index is 0.00924. The van der Waals surface area contributed by atoms with Gasteiger partial charge in [-0.1, -0.05) is 166 Å². The fourth-order valence-corrected chi connectivity index (χ4v) is 6.51. The molecule has 0 aliphatic carbocycles. The molecule has 0 rings (SSSR count). The highest BCUT2D eigenvalue weighted by Gasteiger charge is 2.22. The quantitative estimate of drug-likeness (QED) is 0.0290. The summed E-state index contributed by atoms with van der Waals surface area (Å²) < 4.78 is 22.5. The van der Waals surface area contributed by atoms with Gasteiger partial charge in [0, 0.05) is 6.92 Å². The Morgan fingerprint density at radius 1 is 0.694 bits per heavy atom. The lowest BCUT2D eigenvalue weighted by atomic mass is 10.0. The molecule has 0 aromatic heterocycles. The first kappa shape index (κ1) is 48.0. The number of aliphatic hydroxyl groups is 1. The summed E-state index contributed by atoms with van der Waals surface area (Å²) in [6.45, 7) is 3.67. The Hall–Kier alpha value is -1.02. The molecule has 0 heterocycles. The average Bonchev–Trinajstić information content (AvgIpc) is 3.03. The van der Waals surface area contributed by atoms with E-state index in [1.807, 2.05) is 27.2 Å². The molecule has 0 radical (unpaired) electrons. The largest absolute Gasteiger partial charge is 0.756 e. The second kappa shape index (κ2) is 32.9.